The molecule has 0 unspecified atom stereocenters. The number of methoxy groups -OCH3 is 1. The van der Waals surface area contributed by atoms with Crippen LogP contribution in [0, 0.1) is 18.8 Å². The number of benzene rings is 2. The number of aromatic nitrogens is 2. The fourth-order valence-electron chi connectivity index (χ4n) is 3.51. The first-order chi connectivity index (χ1) is 15.1. The Labute approximate surface area is 182 Å². The summed E-state index contributed by atoms with van der Waals surface area (Å²) in [6, 6.07) is 13.4. The second-order valence-electron chi connectivity index (χ2n) is 7.35. The SMILES string of the molecule is COc1cccc(C#Cc2cc(C(=O)N3CCN(c4cnccn4)CC3)ccc2C)c1. The molecule has 3 aromatic rings. The van der Waals surface area contributed by atoms with Gasteiger partial charge in [0.25, 0.3) is 5.91 Å². The van der Waals surface area contributed by atoms with Crippen molar-refractivity contribution in [1.82, 2.24) is 14.9 Å². The maximum Gasteiger partial charge on any atom is 0.254 e. The average molecular weight is 412 g/mol. The van der Waals surface area contributed by atoms with Crippen molar-refractivity contribution in [2.24, 2.45) is 0 Å². The van der Waals surface area contributed by atoms with Crippen LogP contribution in [-0.2, 0) is 0 Å². The van der Waals surface area contributed by atoms with Gasteiger partial charge in [-0.15, -0.1) is 0 Å². The largest absolute Gasteiger partial charge is 0.497 e. The molecule has 0 bridgehead atoms. The van der Waals surface area contributed by atoms with E-state index in [1.807, 2.05) is 54.3 Å². The zero-order chi connectivity index (χ0) is 21.6. The summed E-state index contributed by atoms with van der Waals surface area (Å²) in [7, 11) is 1.64. The van der Waals surface area contributed by atoms with Crippen molar-refractivity contribution in [2.45, 2.75) is 6.92 Å². The average Bonchev–Trinajstić information content (AvgIpc) is 2.84. The van der Waals surface area contributed by atoms with E-state index in [-0.39, 0.29) is 5.91 Å². The van der Waals surface area contributed by atoms with Crippen molar-refractivity contribution >= 4 is 11.7 Å². The number of anilines is 1. The van der Waals surface area contributed by atoms with E-state index >= 15 is 0 Å². The highest BCUT2D eigenvalue weighted by Gasteiger charge is 2.23. The molecule has 0 N–H and O–H groups in total. The van der Waals surface area contributed by atoms with E-state index in [9.17, 15) is 4.79 Å². The Morgan fingerprint density at radius 2 is 1.87 bits per heavy atom. The first kappa shape index (κ1) is 20.4. The van der Waals surface area contributed by atoms with Gasteiger partial charge in [0.05, 0.1) is 13.3 Å². The molecule has 1 amide bonds. The van der Waals surface area contributed by atoms with Gasteiger partial charge in [-0.25, -0.2) is 4.98 Å². The van der Waals surface area contributed by atoms with E-state index in [1.54, 1.807) is 25.7 Å². The summed E-state index contributed by atoms with van der Waals surface area (Å²) in [5.74, 6) is 8.03. The summed E-state index contributed by atoms with van der Waals surface area (Å²) < 4.78 is 5.26. The molecule has 2 aromatic carbocycles. The molecular weight excluding hydrogens is 388 g/mol. The monoisotopic (exact) mass is 412 g/mol. The van der Waals surface area contributed by atoms with Gasteiger partial charge >= 0.3 is 0 Å². The second kappa shape index (κ2) is 9.31. The number of amides is 1. The lowest BCUT2D eigenvalue weighted by molar-refractivity contribution is 0.0746. The minimum atomic E-state index is 0.0308. The second-order valence-corrected chi connectivity index (χ2v) is 7.35. The molecule has 0 radical (unpaired) electrons. The number of piperazine rings is 1. The lowest BCUT2D eigenvalue weighted by Gasteiger charge is -2.35. The minimum Gasteiger partial charge on any atom is -0.497 e. The van der Waals surface area contributed by atoms with Gasteiger partial charge in [0.15, 0.2) is 0 Å². The van der Waals surface area contributed by atoms with Crippen molar-refractivity contribution in [3.05, 3.63) is 83.3 Å². The Bertz CT molecular complexity index is 1130. The third-order valence-electron chi connectivity index (χ3n) is 5.34. The number of carbonyl (C=O) groups is 1. The van der Waals surface area contributed by atoms with E-state index in [0.717, 1.165) is 41.3 Å². The summed E-state index contributed by atoms with van der Waals surface area (Å²) in [5, 5.41) is 0. The zero-order valence-electron chi connectivity index (χ0n) is 17.7. The third-order valence-corrected chi connectivity index (χ3v) is 5.34. The van der Waals surface area contributed by atoms with Crippen LogP contribution in [0.1, 0.15) is 27.0 Å². The summed E-state index contributed by atoms with van der Waals surface area (Å²) >= 11 is 0. The molecule has 1 saturated heterocycles. The van der Waals surface area contributed by atoms with Crippen LogP contribution in [0.3, 0.4) is 0 Å². The lowest BCUT2D eigenvalue weighted by Crippen LogP contribution is -2.49. The Hall–Kier alpha value is -3.85. The molecule has 0 aliphatic carbocycles. The van der Waals surface area contributed by atoms with Crippen LogP contribution in [0.2, 0.25) is 0 Å². The standard InChI is InChI=1S/C25H24N4O2/c1-19-6-8-22(17-21(19)9-7-20-4-3-5-23(16-20)31-2)25(30)29-14-12-28(13-15-29)24-18-26-10-11-27-24/h3-6,8,10-11,16-18H,12-15H2,1-2H3. The first-order valence-corrected chi connectivity index (χ1v) is 10.2. The van der Waals surface area contributed by atoms with Crippen LogP contribution >= 0.6 is 0 Å². The minimum absolute atomic E-state index is 0.0308. The highest BCUT2D eigenvalue weighted by molar-refractivity contribution is 5.95. The Balaban J connectivity index is 1.47. The van der Waals surface area contributed by atoms with Crippen LogP contribution in [0.25, 0.3) is 0 Å². The van der Waals surface area contributed by atoms with Crippen LogP contribution in [-0.4, -0.2) is 54.1 Å². The molecule has 0 saturated carbocycles. The van der Waals surface area contributed by atoms with Crippen LogP contribution in [0.5, 0.6) is 5.75 Å². The number of rotatable bonds is 3. The predicted octanol–water partition coefficient (Wildman–Crippen LogP) is 3.16. The number of nitrogens with zero attached hydrogens (tertiary/aromatic N) is 4. The van der Waals surface area contributed by atoms with E-state index in [4.69, 9.17) is 4.74 Å². The highest BCUT2D eigenvalue weighted by atomic mass is 16.5. The van der Waals surface area contributed by atoms with Crippen LogP contribution < -0.4 is 9.64 Å². The van der Waals surface area contributed by atoms with Crippen molar-refractivity contribution in [2.75, 3.05) is 38.2 Å². The van der Waals surface area contributed by atoms with E-state index < -0.39 is 0 Å². The molecule has 1 aromatic heterocycles. The quantitative estimate of drug-likeness (QED) is 0.619. The first-order valence-electron chi connectivity index (χ1n) is 10.2. The molecule has 2 heterocycles. The predicted molar refractivity (Wildman–Crippen MR) is 120 cm³/mol. The molecule has 6 heteroatoms. The third kappa shape index (κ3) is 4.84. The fourth-order valence-corrected chi connectivity index (χ4v) is 3.51. The van der Waals surface area contributed by atoms with Gasteiger partial charge in [0.1, 0.15) is 11.6 Å². The molecule has 0 atom stereocenters. The molecular formula is C25H24N4O2. The Morgan fingerprint density at radius 3 is 2.61 bits per heavy atom. The van der Waals surface area contributed by atoms with E-state index in [1.165, 1.54) is 0 Å². The molecule has 1 aliphatic heterocycles. The zero-order valence-corrected chi connectivity index (χ0v) is 17.7. The molecule has 1 aliphatic rings. The maximum absolute atomic E-state index is 13.1. The number of aryl methyl sites for hydroxylation is 1. The smallest absolute Gasteiger partial charge is 0.254 e. The summed E-state index contributed by atoms with van der Waals surface area (Å²) in [6.45, 7) is 4.77. The molecule has 6 nitrogen and oxygen atoms in total. The van der Waals surface area contributed by atoms with Gasteiger partial charge in [-0.2, -0.15) is 0 Å². The lowest BCUT2D eigenvalue weighted by atomic mass is 10.0. The molecule has 0 spiro atoms. The molecule has 31 heavy (non-hydrogen) atoms. The van der Waals surface area contributed by atoms with Crippen LogP contribution in [0.15, 0.2) is 61.1 Å². The van der Waals surface area contributed by atoms with Crippen molar-refractivity contribution < 1.29 is 9.53 Å². The topological polar surface area (TPSA) is 58.6 Å². The number of hydrogen-bond acceptors (Lipinski definition) is 5. The fraction of sp³-hybridized carbons (Fsp3) is 0.240. The van der Waals surface area contributed by atoms with Crippen molar-refractivity contribution in [3.8, 4) is 17.6 Å². The normalized spacial score (nSPS) is 13.4. The summed E-state index contributed by atoms with van der Waals surface area (Å²) in [6.07, 6.45) is 5.10. The van der Waals surface area contributed by atoms with Crippen molar-refractivity contribution in [3.63, 3.8) is 0 Å². The van der Waals surface area contributed by atoms with Gasteiger partial charge in [-0.05, 0) is 42.8 Å². The van der Waals surface area contributed by atoms with Gasteiger partial charge < -0.3 is 14.5 Å². The van der Waals surface area contributed by atoms with Gasteiger partial charge in [-0.3, -0.25) is 9.78 Å². The molecule has 1 fully saturated rings. The maximum atomic E-state index is 13.1. The Morgan fingerprint density at radius 1 is 1.03 bits per heavy atom. The van der Waals surface area contributed by atoms with Gasteiger partial charge in [0, 0.05) is 55.3 Å². The number of hydrogen-bond donors (Lipinski definition) is 0. The Kier molecular flexibility index (Phi) is 6.13. The number of carbonyl (C=O) groups excluding carboxylic acids is 1. The highest BCUT2D eigenvalue weighted by Crippen LogP contribution is 2.17. The van der Waals surface area contributed by atoms with Gasteiger partial charge in [0.2, 0.25) is 0 Å². The van der Waals surface area contributed by atoms with Crippen molar-refractivity contribution in [1.29, 1.82) is 0 Å². The van der Waals surface area contributed by atoms with E-state index in [0.29, 0.717) is 18.7 Å². The van der Waals surface area contributed by atoms with Crippen LogP contribution in [0.4, 0.5) is 5.82 Å². The molecule has 4 rings (SSSR count). The van der Waals surface area contributed by atoms with Gasteiger partial charge in [-0.1, -0.05) is 24.0 Å². The van der Waals surface area contributed by atoms with E-state index in [2.05, 4.69) is 26.7 Å². The number of ether oxygens (including phenoxy) is 1. The molecule has 156 valence electrons. The summed E-state index contributed by atoms with van der Waals surface area (Å²) in [4.78, 5) is 25.6. The summed E-state index contributed by atoms with van der Waals surface area (Å²) in [5.41, 5.74) is 3.43.